The molecule has 0 aliphatic carbocycles. The summed E-state index contributed by atoms with van der Waals surface area (Å²) in [6.07, 6.45) is -4.18. The highest BCUT2D eigenvalue weighted by molar-refractivity contribution is 5.80. The average Bonchev–Trinajstić information content (AvgIpc) is 2.84. The quantitative estimate of drug-likeness (QED) is 0.132. The number of rotatable bonds is 8. The van der Waals surface area contributed by atoms with Gasteiger partial charge in [0.15, 0.2) is 6.23 Å². The number of carboxylic acid groups (broad SMARTS) is 1. The molecule has 4 N–H and O–H groups in total. The topological polar surface area (TPSA) is 123 Å². The Kier molecular flexibility index (Phi) is 10.3. The van der Waals surface area contributed by atoms with E-state index in [-0.39, 0.29) is 5.97 Å². The van der Waals surface area contributed by atoms with Crippen LogP contribution in [0.3, 0.4) is 0 Å². The number of aliphatic carboxylic acids is 1. The minimum atomic E-state index is -5.08. The molecule has 3 aromatic carbocycles. The van der Waals surface area contributed by atoms with Crippen molar-refractivity contribution in [3.8, 4) is 5.75 Å². The molecule has 8 nitrogen and oxygen atoms in total. The van der Waals surface area contributed by atoms with Crippen LogP contribution >= 0.6 is 0 Å². The second-order valence-corrected chi connectivity index (χ2v) is 7.18. The molecular weight excluding hydrogens is 479 g/mol. The van der Waals surface area contributed by atoms with Crippen LogP contribution in [0.2, 0.25) is 0 Å². The molecule has 3 rings (SSSR count). The van der Waals surface area contributed by atoms with Crippen molar-refractivity contribution in [2.45, 2.75) is 25.9 Å². The largest absolute Gasteiger partial charge is 0.490 e. The number of carbonyl (C=O) groups excluding carboxylic acids is 1. The van der Waals surface area contributed by atoms with Crippen LogP contribution in [-0.2, 0) is 20.9 Å². The summed E-state index contributed by atoms with van der Waals surface area (Å²) >= 11 is 0. The molecule has 0 bridgehead atoms. The summed E-state index contributed by atoms with van der Waals surface area (Å²) < 4.78 is 43.1. The van der Waals surface area contributed by atoms with E-state index in [0.29, 0.717) is 12.4 Å². The third kappa shape index (κ3) is 9.75. The number of ether oxygens (including phenoxy) is 2. The lowest BCUT2D eigenvalue weighted by molar-refractivity contribution is -0.192. The lowest BCUT2D eigenvalue weighted by atomic mass is 10.1. The monoisotopic (exact) mass is 503 g/mol. The van der Waals surface area contributed by atoms with E-state index in [4.69, 9.17) is 25.2 Å². The van der Waals surface area contributed by atoms with E-state index in [1.54, 1.807) is 6.21 Å². The van der Waals surface area contributed by atoms with Gasteiger partial charge in [0.2, 0.25) is 0 Å². The minimum Gasteiger partial charge on any atom is -0.489 e. The fraction of sp³-hybridized carbons (Fsp3) is 0.160. The number of hydrogen-bond donors (Lipinski definition) is 3. The Balaban J connectivity index is 0.000000572. The molecule has 1 unspecified atom stereocenters. The number of carboxylic acids is 1. The number of esters is 1. The van der Waals surface area contributed by atoms with Gasteiger partial charge in [0, 0.05) is 18.2 Å². The van der Waals surface area contributed by atoms with E-state index in [1.165, 1.54) is 6.92 Å². The van der Waals surface area contributed by atoms with Gasteiger partial charge in [-0.05, 0) is 35.4 Å². The van der Waals surface area contributed by atoms with Gasteiger partial charge >= 0.3 is 18.1 Å². The van der Waals surface area contributed by atoms with E-state index in [0.717, 1.165) is 22.4 Å². The number of carbonyl (C=O) groups is 2. The molecule has 0 spiro atoms. The van der Waals surface area contributed by atoms with Crippen LogP contribution in [0.15, 0.2) is 84.0 Å². The molecular formula is C25H24F3N3O5. The highest BCUT2D eigenvalue weighted by Gasteiger charge is 2.38. The Morgan fingerprint density at radius 1 is 1.06 bits per heavy atom. The van der Waals surface area contributed by atoms with Crippen molar-refractivity contribution in [3.63, 3.8) is 0 Å². The first-order valence-electron chi connectivity index (χ1n) is 10.4. The van der Waals surface area contributed by atoms with Gasteiger partial charge in [-0.3, -0.25) is 4.79 Å². The maximum atomic E-state index is 11.6. The molecule has 0 saturated carbocycles. The molecule has 0 aromatic heterocycles. The third-order valence-electron chi connectivity index (χ3n) is 4.37. The number of hydrazone groups is 1. The Morgan fingerprint density at radius 2 is 1.69 bits per heavy atom. The summed E-state index contributed by atoms with van der Waals surface area (Å²) in [4.78, 5) is 20.5. The fourth-order valence-corrected chi connectivity index (χ4v) is 2.76. The molecule has 0 saturated heterocycles. The van der Waals surface area contributed by atoms with E-state index < -0.39 is 18.4 Å². The van der Waals surface area contributed by atoms with Crippen molar-refractivity contribution in [1.29, 1.82) is 0 Å². The van der Waals surface area contributed by atoms with Crippen LogP contribution in [0.5, 0.6) is 5.75 Å². The maximum Gasteiger partial charge on any atom is 0.490 e. The molecule has 0 aliphatic rings. The minimum absolute atomic E-state index is 0.384. The standard InChI is InChI=1S/C23H23N3O3.C2HF3O2/c1-17(27)29-23(26-21-12-10-18(11-13-21)15-25-24)20-8-5-9-22(14-20)28-16-19-6-3-2-4-7-19;3-2(4,5)1(6)7/h2-15,23,26H,16,24H2,1H3;(H,6,7). The number of nitrogens with zero attached hydrogens (tertiary/aromatic N) is 1. The lowest BCUT2D eigenvalue weighted by Gasteiger charge is -2.21. The van der Waals surface area contributed by atoms with Crippen molar-refractivity contribution in [2.24, 2.45) is 10.9 Å². The van der Waals surface area contributed by atoms with Crippen LogP contribution in [0, 0.1) is 0 Å². The summed E-state index contributed by atoms with van der Waals surface area (Å²) in [5.41, 5.74) is 3.52. The van der Waals surface area contributed by atoms with Gasteiger partial charge in [0.25, 0.3) is 0 Å². The van der Waals surface area contributed by atoms with E-state index in [9.17, 15) is 18.0 Å². The molecule has 0 radical (unpaired) electrons. The molecule has 0 fully saturated rings. The molecule has 190 valence electrons. The number of hydrogen-bond acceptors (Lipinski definition) is 7. The predicted octanol–water partition coefficient (Wildman–Crippen LogP) is 4.87. The highest BCUT2D eigenvalue weighted by Crippen LogP contribution is 2.25. The first-order chi connectivity index (χ1) is 17.1. The molecule has 36 heavy (non-hydrogen) atoms. The van der Waals surface area contributed by atoms with Crippen LogP contribution in [0.1, 0.15) is 29.8 Å². The van der Waals surface area contributed by atoms with Gasteiger partial charge in [-0.1, -0.05) is 54.6 Å². The Hall–Kier alpha value is -4.54. The lowest BCUT2D eigenvalue weighted by Crippen LogP contribution is -2.21. The van der Waals surface area contributed by atoms with Gasteiger partial charge in [-0.25, -0.2) is 4.79 Å². The van der Waals surface area contributed by atoms with Gasteiger partial charge in [-0.2, -0.15) is 18.3 Å². The van der Waals surface area contributed by atoms with Gasteiger partial charge in [0.05, 0.1) is 6.21 Å². The second-order valence-electron chi connectivity index (χ2n) is 7.18. The van der Waals surface area contributed by atoms with E-state index >= 15 is 0 Å². The first kappa shape index (κ1) is 27.7. The zero-order chi connectivity index (χ0) is 26.6. The molecule has 0 amide bonds. The van der Waals surface area contributed by atoms with Crippen molar-refractivity contribution < 1.29 is 37.3 Å². The van der Waals surface area contributed by atoms with Crippen LogP contribution in [-0.4, -0.2) is 29.4 Å². The zero-order valence-electron chi connectivity index (χ0n) is 19.1. The molecule has 0 heterocycles. The van der Waals surface area contributed by atoms with E-state index in [1.807, 2.05) is 78.9 Å². The van der Waals surface area contributed by atoms with Crippen molar-refractivity contribution in [1.82, 2.24) is 0 Å². The fourth-order valence-electron chi connectivity index (χ4n) is 2.76. The number of nitrogens with one attached hydrogen (secondary N) is 1. The highest BCUT2D eigenvalue weighted by atomic mass is 19.4. The number of halogens is 3. The third-order valence-corrected chi connectivity index (χ3v) is 4.37. The van der Waals surface area contributed by atoms with Crippen LogP contribution in [0.25, 0.3) is 0 Å². The first-order valence-corrected chi connectivity index (χ1v) is 10.4. The molecule has 11 heteroatoms. The number of benzene rings is 3. The van der Waals surface area contributed by atoms with Gasteiger partial charge < -0.3 is 25.7 Å². The van der Waals surface area contributed by atoms with Crippen LogP contribution in [0.4, 0.5) is 18.9 Å². The predicted molar refractivity (Wildman–Crippen MR) is 127 cm³/mol. The Morgan fingerprint density at radius 3 is 2.25 bits per heavy atom. The van der Waals surface area contributed by atoms with Crippen molar-refractivity contribution >= 4 is 23.8 Å². The van der Waals surface area contributed by atoms with E-state index in [2.05, 4.69) is 10.4 Å². The summed E-state index contributed by atoms with van der Waals surface area (Å²) in [5.74, 6) is 2.72. The normalized spacial score (nSPS) is 11.7. The van der Waals surface area contributed by atoms with Gasteiger partial charge in [-0.15, -0.1) is 0 Å². The Bertz CT molecular complexity index is 1150. The van der Waals surface area contributed by atoms with Gasteiger partial charge in [0.1, 0.15) is 12.4 Å². The smallest absolute Gasteiger partial charge is 0.489 e. The SMILES string of the molecule is CC(=O)OC(Nc1ccc(C=NN)cc1)c1cccc(OCc2ccccc2)c1.O=C(O)C(F)(F)F. The van der Waals surface area contributed by atoms with Crippen LogP contribution < -0.4 is 15.9 Å². The number of alkyl halides is 3. The summed E-state index contributed by atoms with van der Waals surface area (Å²) in [6.45, 7) is 1.84. The molecule has 3 aromatic rings. The van der Waals surface area contributed by atoms with Crippen molar-refractivity contribution in [3.05, 3.63) is 95.6 Å². The summed E-state index contributed by atoms with van der Waals surface area (Å²) in [5, 5.41) is 13.9. The summed E-state index contributed by atoms with van der Waals surface area (Å²) in [6, 6.07) is 24.9. The molecule has 0 aliphatic heterocycles. The maximum absolute atomic E-state index is 11.6. The molecule has 1 atom stereocenters. The average molecular weight is 503 g/mol. The summed E-state index contributed by atoms with van der Waals surface area (Å²) in [7, 11) is 0. The number of nitrogens with two attached hydrogens (primary N) is 1. The Labute approximate surface area is 205 Å². The van der Waals surface area contributed by atoms with Crippen molar-refractivity contribution in [2.75, 3.05) is 5.32 Å². The number of anilines is 1. The zero-order valence-corrected chi connectivity index (χ0v) is 19.1. The second kappa shape index (κ2) is 13.4.